The second-order valence-corrected chi connectivity index (χ2v) is 5.23. The van der Waals surface area contributed by atoms with Crippen LogP contribution in [0.4, 0.5) is 0 Å². The Bertz CT molecular complexity index is 318. The highest BCUT2D eigenvalue weighted by Gasteiger charge is 2.41. The van der Waals surface area contributed by atoms with Gasteiger partial charge in [-0.15, -0.1) is 24.0 Å². The number of fused-ring (bicyclic) bond motifs is 2. The standard InChI is InChI=1S/C14H27N3O3.HI/c1-3-15-14(16-6-7-19-9-8-18-2)17-12-10-11-4-5-13(12)20-11;/h11-13H,3-10H2,1-2H3,(H2,15,16,17);1H. The Balaban J connectivity index is 0.00000220. The zero-order valence-electron chi connectivity index (χ0n) is 13.0. The van der Waals surface area contributed by atoms with E-state index in [9.17, 15) is 0 Å². The maximum atomic E-state index is 5.85. The van der Waals surface area contributed by atoms with Crippen LogP contribution in [0.2, 0.25) is 0 Å². The molecule has 2 bridgehead atoms. The maximum absolute atomic E-state index is 5.85. The molecule has 7 heteroatoms. The topological polar surface area (TPSA) is 64.1 Å². The molecule has 6 nitrogen and oxygen atoms in total. The molecule has 2 rings (SSSR count). The van der Waals surface area contributed by atoms with E-state index in [1.165, 1.54) is 12.8 Å². The summed E-state index contributed by atoms with van der Waals surface area (Å²) in [5, 5.41) is 6.76. The number of rotatable bonds is 8. The summed E-state index contributed by atoms with van der Waals surface area (Å²) < 4.78 is 16.2. The van der Waals surface area contributed by atoms with Gasteiger partial charge in [-0.2, -0.15) is 0 Å². The van der Waals surface area contributed by atoms with Crippen molar-refractivity contribution in [1.29, 1.82) is 0 Å². The summed E-state index contributed by atoms with van der Waals surface area (Å²) in [4.78, 5) is 4.53. The summed E-state index contributed by atoms with van der Waals surface area (Å²) >= 11 is 0. The molecule has 2 aliphatic rings. The van der Waals surface area contributed by atoms with E-state index in [0.29, 0.717) is 44.6 Å². The summed E-state index contributed by atoms with van der Waals surface area (Å²) in [6.07, 6.45) is 4.30. The van der Waals surface area contributed by atoms with Crippen LogP contribution in [-0.2, 0) is 14.2 Å². The van der Waals surface area contributed by atoms with Crippen molar-refractivity contribution < 1.29 is 14.2 Å². The first-order chi connectivity index (χ1) is 9.83. The van der Waals surface area contributed by atoms with Gasteiger partial charge < -0.3 is 24.8 Å². The van der Waals surface area contributed by atoms with E-state index in [1.807, 2.05) is 0 Å². The number of halogens is 1. The van der Waals surface area contributed by atoms with Gasteiger partial charge in [-0.25, -0.2) is 0 Å². The van der Waals surface area contributed by atoms with Gasteiger partial charge in [0.2, 0.25) is 0 Å². The first-order valence-corrected chi connectivity index (χ1v) is 7.60. The van der Waals surface area contributed by atoms with Crippen LogP contribution in [0.1, 0.15) is 26.2 Å². The Labute approximate surface area is 144 Å². The largest absolute Gasteiger partial charge is 0.382 e. The Morgan fingerprint density at radius 2 is 2.14 bits per heavy atom. The van der Waals surface area contributed by atoms with Crippen molar-refractivity contribution in [1.82, 2.24) is 10.6 Å². The summed E-state index contributed by atoms with van der Waals surface area (Å²) in [6, 6.07) is 0.404. The van der Waals surface area contributed by atoms with Gasteiger partial charge in [-0.3, -0.25) is 4.99 Å². The van der Waals surface area contributed by atoms with Gasteiger partial charge in [0, 0.05) is 13.7 Å². The van der Waals surface area contributed by atoms with Crippen LogP contribution in [0.15, 0.2) is 4.99 Å². The van der Waals surface area contributed by atoms with Gasteiger partial charge in [-0.05, 0) is 26.2 Å². The van der Waals surface area contributed by atoms with Crippen molar-refractivity contribution in [3.63, 3.8) is 0 Å². The molecule has 3 atom stereocenters. The number of methoxy groups -OCH3 is 1. The lowest BCUT2D eigenvalue weighted by atomic mass is 9.96. The normalized spacial score (nSPS) is 27.5. The van der Waals surface area contributed by atoms with E-state index >= 15 is 0 Å². The Kier molecular flexibility index (Phi) is 9.54. The first kappa shape index (κ1) is 18.9. The quantitative estimate of drug-likeness (QED) is 0.271. The van der Waals surface area contributed by atoms with Gasteiger partial charge in [0.05, 0.1) is 44.6 Å². The molecule has 21 heavy (non-hydrogen) atoms. The molecule has 0 spiro atoms. The van der Waals surface area contributed by atoms with Crippen LogP contribution in [0.5, 0.6) is 0 Å². The van der Waals surface area contributed by atoms with Crippen molar-refractivity contribution in [3.8, 4) is 0 Å². The average Bonchev–Trinajstić information content (AvgIpc) is 3.05. The van der Waals surface area contributed by atoms with Crippen molar-refractivity contribution in [2.24, 2.45) is 4.99 Å². The van der Waals surface area contributed by atoms with Gasteiger partial charge >= 0.3 is 0 Å². The molecule has 0 aromatic rings. The molecule has 0 aromatic heterocycles. The minimum absolute atomic E-state index is 0. The fraction of sp³-hybridized carbons (Fsp3) is 0.929. The third-order valence-corrected chi connectivity index (χ3v) is 3.71. The molecule has 0 aliphatic carbocycles. The van der Waals surface area contributed by atoms with E-state index in [-0.39, 0.29) is 24.0 Å². The lowest BCUT2D eigenvalue weighted by Gasteiger charge is -2.22. The molecule has 0 saturated carbocycles. The third kappa shape index (κ3) is 6.25. The molecule has 0 aromatic carbocycles. The highest BCUT2D eigenvalue weighted by molar-refractivity contribution is 14.0. The average molecular weight is 413 g/mol. The highest BCUT2D eigenvalue weighted by Crippen LogP contribution is 2.34. The molecule has 0 amide bonds. The maximum Gasteiger partial charge on any atom is 0.191 e. The fourth-order valence-corrected chi connectivity index (χ4v) is 2.75. The Morgan fingerprint density at radius 3 is 2.76 bits per heavy atom. The molecular formula is C14H28IN3O3. The first-order valence-electron chi connectivity index (χ1n) is 7.60. The second kappa shape index (κ2) is 10.6. The SMILES string of the molecule is CCNC(=NCCOCCOC)NC1CC2CCC1O2.I. The molecule has 2 heterocycles. The van der Waals surface area contributed by atoms with E-state index in [2.05, 4.69) is 22.5 Å². The van der Waals surface area contributed by atoms with E-state index in [1.54, 1.807) is 7.11 Å². The van der Waals surface area contributed by atoms with Gasteiger partial charge in [0.15, 0.2) is 5.96 Å². The zero-order chi connectivity index (χ0) is 14.2. The number of nitrogens with one attached hydrogen (secondary N) is 2. The van der Waals surface area contributed by atoms with Crippen LogP contribution in [0.25, 0.3) is 0 Å². The summed E-state index contributed by atoms with van der Waals surface area (Å²) in [7, 11) is 1.67. The molecule has 3 unspecified atom stereocenters. The van der Waals surface area contributed by atoms with Crippen LogP contribution in [0, 0.1) is 0 Å². The number of hydrogen-bond donors (Lipinski definition) is 2. The Morgan fingerprint density at radius 1 is 1.29 bits per heavy atom. The monoisotopic (exact) mass is 413 g/mol. The Hall–Kier alpha value is -0.120. The predicted octanol–water partition coefficient (Wildman–Crippen LogP) is 1.14. The summed E-state index contributed by atoms with van der Waals surface area (Å²) in [5.41, 5.74) is 0. The highest BCUT2D eigenvalue weighted by atomic mass is 127. The van der Waals surface area contributed by atoms with E-state index in [0.717, 1.165) is 18.9 Å². The molecule has 2 saturated heterocycles. The molecule has 0 radical (unpaired) electrons. The second-order valence-electron chi connectivity index (χ2n) is 5.23. The molecule has 124 valence electrons. The van der Waals surface area contributed by atoms with E-state index < -0.39 is 0 Å². The van der Waals surface area contributed by atoms with Crippen molar-refractivity contribution in [2.45, 2.75) is 44.4 Å². The van der Waals surface area contributed by atoms with Crippen LogP contribution in [0.3, 0.4) is 0 Å². The number of ether oxygens (including phenoxy) is 3. The smallest absolute Gasteiger partial charge is 0.191 e. The molecule has 2 aliphatic heterocycles. The number of nitrogens with zero attached hydrogens (tertiary/aromatic N) is 1. The van der Waals surface area contributed by atoms with E-state index in [4.69, 9.17) is 14.2 Å². The lowest BCUT2D eigenvalue weighted by molar-refractivity contribution is 0.0748. The number of guanidine groups is 1. The van der Waals surface area contributed by atoms with Gasteiger partial charge in [-0.1, -0.05) is 0 Å². The summed E-state index contributed by atoms with van der Waals surface area (Å²) in [6.45, 7) is 5.45. The van der Waals surface area contributed by atoms with Crippen LogP contribution >= 0.6 is 24.0 Å². The molecular weight excluding hydrogens is 385 g/mol. The fourth-order valence-electron chi connectivity index (χ4n) is 2.75. The van der Waals surface area contributed by atoms with Crippen molar-refractivity contribution >= 4 is 29.9 Å². The minimum atomic E-state index is 0. The lowest BCUT2D eigenvalue weighted by Crippen LogP contribution is -2.47. The molecule has 2 fully saturated rings. The summed E-state index contributed by atoms with van der Waals surface area (Å²) in [5.74, 6) is 0.865. The third-order valence-electron chi connectivity index (χ3n) is 3.71. The van der Waals surface area contributed by atoms with Crippen molar-refractivity contribution in [3.05, 3.63) is 0 Å². The number of aliphatic imine (C=N–C) groups is 1. The minimum Gasteiger partial charge on any atom is -0.382 e. The van der Waals surface area contributed by atoms with Crippen molar-refractivity contribution in [2.75, 3.05) is 40.0 Å². The number of hydrogen-bond acceptors (Lipinski definition) is 4. The zero-order valence-corrected chi connectivity index (χ0v) is 15.3. The van der Waals surface area contributed by atoms with Crippen LogP contribution < -0.4 is 10.6 Å². The van der Waals surface area contributed by atoms with Gasteiger partial charge in [0.1, 0.15) is 0 Å². The van der Waals surface area contributed by atoms with Gasteiger partial charge in [0.25, 0.3) is 0 Å². The van der Waals surface area contributed by atoms with Crippen LogP contribution in [-0.4, -0.2) is 64.2 Å². The predicted molar refractivity (Wildman–Crippen MR) is 93.5 cm³/mol. The molecule has 2 N–H and O–H groups in total.